The van der Waals surface area contributed by atoms with E-state index in [9.17, 15) is 4.79 Å². The second kappa shape index (κ2) is 6.00. The van der Waals surface area contributed by atoms with Crippen molar-refractivity contribution in [2.75, 3.05) is 0 Å². The van der Waals surface area contributed by atoms with Crippen LogP contribution < -0.4 is 0 Å². The summed E-state index contributed by atoms with van der Waals surface area (Å²) in [5, 5.41) is 0. The molecule has 0 aliphatic carbocycles. The van der Waals surface area contributed by atoms with Crippen LogP contribution in [-0.2, 0) is 4.79 Å². The molecule has 1 aromatic carbocycles. The molecule has 0 radical (unpaired) electrons. The lowest BCUT2D eigenvalue weighted by Crippen LogP contribution is -2.22. The maximum Gasteiger partial charge on any atom is 0.139 e. The number of carbonyl (C=O) groups excluding carboxylic acids is 1. The van der Waals surface area contributed by atoms with Crippen molar-refractivity contribution in [3.05, 3.63) is 66.0 Å². The fourth-order valence-corrected chi connectivity index (χ4v) is 2.20. The molecule has 1 heterocycles. The molecular weight excluding hydrogens is 246 g/mol. The Morgan fingerprint density at radius 2 is 1.55 bits per heavy atom. The van der Waals surface area contributed by atoms with Crippen LogP contribution in [0.25, 0.3) is 0 Å². The fourth-order valence-electron chi connectivity index (χ4n) is 2.20. The predicted octanol–water partition coefficient (Wildman–Crippen LogP) is 4.22. The average molecular weight is 267 g/mol. The lowest BCUT2D eigenvalue weighted by Gasteiger charge is -2.22. The van der Waals surface area contributed by atoms with Crippen molar-refractivity contribution in [2.45, 2.75) is 33.1 Å². The second-order valence-electron chi connectivity index (χ2n) is 6.12. The van der Waals surface area contributed by atoms with Gasteiger partial charge in [-0.3, -0.25) is 9.78 Å². The van der Waals surface area contributed by atoms with Crippen molar-refractivity contribution in [3.63, 3.8) is 0 Å². The quantitative estimate of drug-likeness (QED) is 0.830. The van der Waals surface area contributed by atoms with Gasteiger partial charge in [0.2, 0.25) is 0 Å². The van der Waals surface area contributed by atoms with Gasteiger partial charge < -0.3 is 0 Å². The molecule has 0 saturated heterocycles. The number of ketones is 1. The summed E-state index contributed by atoms with van der Waals surface area (Å²) in [7, 11) is 0. The van der Waals surface area contributed by atoms with Crippen LogP contribution >= 0.6 is 0 Å². The summed E-state index contributed by atoms with van der Waals surface area (Å²) in [4.78, 5) is 16.5. The Hall–Kier alpha value is -1.96. The van der Waals surface area contributed by atoms with E-state index in [-0.39, 0.29) is 17.1 Å². The zero-order valence-corrected chi connectivity index (χ0v) is 12.3. The van der Waals surface area contributed by atoms with E-state index in [0.29, 0.717) is 6.42 Å². The van der Waals surface area contributed by atoms with Gasteiger partial charge in [0.25, 0.3) is 0 Å². The third-order valence-corrected chi connectivity index (χ3v) is 3.54. The van der Waals surface area contributed by atoms with Crippen molar-refractivity contribution >= 4 is 5.78 Å². The van der Waals surface area contributed by atoms with Crippen LogP contribution in [0.15, 0.2) is 54.9 Å². The van der Waals surface area contributed by atoms with Crippen molar-refractivity contribution in [3.8, 4) is 0 Å². The lowest BCUT2D eigenvalue weighted by atomic mass is 9.80. The van der Waals surface area contributed by atoms with E-state index in [1.807, 2.05) is 51.1 Å². The molecule has 104 valence electrons. The van der Waals surface area contributed by atoms with Crippen LogP contribution in [0.4, 0.5) is 0 Å². The van der Waals surface area contributed by atoms with Crippen molar-refractivity contribution in [1.29, 1.82) is 0 Å². The highest BCUT2D eigenvalue weighted by Gasteiger charge is 2.26. The molecule has 0 aliphatic rings. The molecule has 0 aliphatic heterocycles. The zero-order chi connectivity index (χ0) is 14.6. The first-order valence-corrected chi connectivity index (χ1v) is 6.96. The number of rotatable bonds is 4. The molecule has 0 spiro atoms. The van der Waals surface area contributed by atoms with E-state index < -0.39 is 0 Å². The first kappa shape index (κ1) is 14.4. The molecule has 2 heteroatoms. The highest BCUT2D eigenvalue weighted by Crippen LogP contribution is 2.31. The minimum Gasteiger partial charge on any atom is -0.299 e. The van der Waals surface area contributed by atoms with Gasteiger partial charge in [-0.05, 0) is 23.3 Å². The number of nitrogens with zero attached hydrogens (tertiary/aromatic N) is 1. The van der Waals surface area contributed by atoms with Crippen LogP contribution in [0.5, 0.6) is 0 Å². The van der Waals surface area contributed by atoms with E-state index in [2.05, 4.69) is 17.1 Å². The normalized spacial score (nSPS) is 12.9. The molecular formula is C18H21NO. The van der Waals surface area contributed by atoms with Gasteiger partial charge >= 0.3 is 0 Å². The largest absolute Gasteiger partial charge is 0.299 e. The summed E-state index contributed by atoms with van der Waals surface area (Å²) in [5.74, 6) is 0.383. The Morgan fingerprint density at radius 1 is 1.00 bits per heavy atom. The van der Waals surface area contributed by atoms with Crippen molar-refractivity contribution in [1.82, 2.24) is 4.98 Å². The standard InChI is InChI=1S/C18H21NO/c1-18(2,3)17(20)13-16(14-7-5-4-6-8-14)15-9-11-19-12-10-15/h4-12,16H,13H2,1-3H3. The molecule has 0 fully saturated rings. The molecule has 2 rings (SSSR count). The van der Waals surface area contributed by atoms with Crippen LogP contribution in [-0.4, -0.2) is 10.8 Å². The molecule has 20 heavy (non-hydrogen) atoms. The molecule has 1 atom stereocenters. The molecule has 0 amide bonds. The average Bonchev–Trinajstić information content (AvgIpc) is 2.45. The van der Waals surface area contributed by atoms with Gasteiger partial charge in [0.05, 0.1) is 0 Å². The summed E-state index contributed by atoms with van der Waals surface area (Å²) >= 11 is 0. The minimum absolute atomic E-state index is 0.103. The second-order valence-corrected chi connectivity index (χ2v) is 6.12. The molecule has 1 unspecified atom stereocenters. The third-order valence-electron chi connectivity index (χ3n) is 3.54. The Morgan fingerprint density at radius 3 is 2.10 bits per heavy atom. The Bertz CT molecular complexity index is 515. The van der Waals surface area contributed by atoms with Gasteiger partial charge in [0, 0.05) is 30.1 Å². The van der Waals surface area contributed by atoms with Crippen molar-refractivity contribution in [2.24, 2.45) is 5.41 Å². The lowest BCUT2D eigenvalue weighted by molar-refractivity contribution is -0.126. The van der Waals surface area contributed by atoms with Gasteiger partial charge in [-0.25, -0.2) is 0 Å². The van der Waals surface area contributed by atoms with Crippen LogP contribution in [0.3, 0.4) is 0 Å². The molecule has 1 aromatic heterocycles. The van der Waals surface area contributed by atoms with Gasteiger partial charge in [-0.15, -0.1) is 0 Å². The first-order chi connectivity index (χ1) is 9.48. The van der Waals surface area contributed by atoms with Gasteiger partial charge in [0.1, 0.15) is 5.78 Å². The summed E-state index contributed by atoms with van der Waals surface area (Å²) in [6.45, 7) is 5.93. The summed E-state index contributed by atoms with van der Waals surface area (Å²) < 4.78 is 0. The molecule has 2 nitrogen and oxygen atoms in total. The molecule has 0 bridgehead atoms. The molecule has 0 saturated carbocycles. The number of Topliss-reactive ketones (excluding diaryl/α,β-unsaturated/α-hetero) is 1. The van der Waals surface area contributed by atoms with E-state index in [1.165, 1.54) is 5.56 Å². The van der Waals surface area contributed by atoms with Gasteiger partial charge in [0.15, 0.2) is 0 Å². The maximum absolute atomic E-state index is 12.4. The smallest absolute Gasteiger partial charge is 0.139 e. The highest BCUT2D eigenvalue weighted by molar-refractivity contribution is 5.84. The Labute approximate surface area is 120 Å². The van der Waals surface area contributed by atoms with E-state index in [1.54, 1.807) is 12.4 Å². The Kier molecular flexibility index (Phi) is 4.33. The highest BCUT2D eigenvalue weighted by atomic mass is 16.1. The van der Waals surface area contributed by atoms with Crippen molar-refractivity contribution < 1.29 is 4.79 Å². The van der Waals surface area contributed by atoms with Gasteiger partial charge in [-0.1, -0.05) is 51.1 Å². The van der Waals surface area contributed by atoms with Gasteiger partial charge in [-0.2, -0.15) is 0 Å². The SMILES string of the molecule is CC(C)(C)C(=O)CC(c1ccccc1)c1ccncc1. The minimum atomic E-state index is -0.305. The molecule has 2 aromatic rings. The third kappa shape index (κ3) is 3.53. The maximum atomic E-state index is 12.4. The summed E-state index contributed by atoms with van der Waals surface area (Å²) in [5.41, 5.74) is 2.01. The van der Waals surface area contributed by atoms with E-state index in [0.717, 1.165) is 5.56 Å². The Balaban J connectivity index is 2.34. The zero-order valence-electron chi connectivity index (χ0n) is 12.3. The van der Waals surface area contributed by atoms with Crippen LogP contribution in [0, 0.1) is 5.41 Å². The topological polar surface area (TPSA) is 30.0 Å². The number of pyridine rings is 1. The van der Waals surface area contributed by atoms with E-state index >= 15 is 0 Å². The molecule has 0 N–H and O–H groups in total. The number of carbonyl (C=O) groups is 1. The number of hydrogen-bond acceptors (Lipinski definition) is 2. The predicted molar refractivity (Wildman–Crippen MR) is 81.6 cm³/mol. The van der Waals surface area contributed by atoms with Crippen LogP contribution in [0.2, 0.25) is 0 Å². The number of hydrogen-bond donors (Lipinski definition) is 0. The number of aromatic nitrogens is 1. The number of benzene rings is 1. The first-order valence-electron chi connectivity index (χ1n) is 6.96. The monoisotopic (exact) mass is 267 g/mol. The summed E-state index contributed by atoms with van der Waals surface area (Å²) in [6.07, 6.45) is 4.09. The van der Waals surface area contributed by atoms with Crippen LogP contribution in [0.1, 0.15) is 44.2 Å². The fraction of sp³-hybridized carbons (Fsp3) is 0.333. The summed E-state index contributed by atoms with van der Waals surface area (Å²) in [6, 6.07) is 14.2. The van der Waals surface area contributed by atoms with E-state index in [4.69, 9.17) is 0 Å².